The van der Waals surface area contributed by atoms with Gasteiger partial charge < -0.3 is 23.0 Å². The van der Waals surface area contributed by atoms with E-state index in [-0.39, 0.29) is 5.63 Å². The second-order valence-corrected chi connectivity index (χ2v) is 12.7. The lowest BCUT2D eigenvalue weighted by atomic mass is 9.71. The van der Waals surface area contributed by atoms with Gasteiger partial charge in [-0.3, -0.25) is 0 Å². The molecule has 0 unspecified atom stereocenters. The van der Waals surface area contributed by atoms with Crippen molar-refractivity contribution >= 4 is 32.8 Å². The molecule has 0 amide bonds. The average molecular weight is 645 g/mol. The summed E-state index contributed by atoms with van der Waals surface area (Å²) >= 11 is 0. The number of aromatic nitrogens is 2. The van der Waals surface area contributed by atoms with Crippen molar-refractivity contribution in [2.75, 3.05) is 14.2 Å². The lowest BCUT2D eigenvalue weighted by molar-refractivity contribution is 0.415. The van der Waals surface area contributed by atoms with E-state index < -0.39 is 5.41 Å². The van der Waals surface area contributed by atoms with Crippen LogP contribution >= 0.6 is 0 Å². The van der Waals surface area contributed by atoms with Crippen LogP contribution in [0.15, 0.2) is 149 Å². The Morgan fingerprint density at radius 1 is 0.592 bits per heavy atom. The summed E-state index contributed by atoms with van der Waals surface area (Å²) < 4.78 is 22.2. The maximum absolute atomic E-state index is 14.3. The minimum atomic E-state index is -0.969. The van der Waals surface area contributed by atoms with Crippen molar-refractivity contribution in [2.45, 2.75) is 25.4 Å². The summed E-state index contributed by atoms with van der Waals surface area (Å²) in [5, 5.41) is 2.86. The Balaban J connectivity index is 1.47. The predicted molar refractivity (Wildman–Crippen MR) is 196 cm³/mol. The van der Waals surface area contributed by atoms with E-state index in [4.69, 9.17) is 13.9 Å². The molecule has 0 aliphatic rings. The zero-order valence-corrected chi connectivity index (χ0v) is 27.7. The molecule has 0 aliphatic carbocycles. The highest BCUT2D eigenvalue weighted by Crippen LogP contribution is 2.47. The molecule has 8 aromatic rings. The van der Waals surface area contributed by atoms with Crippen LogP contribution in [-0.4, -0.2) is 23.4 Å². The lowest BCUT2D eigenvalue weighted by Crippen LogP contribution is -2.31. The summed E-state index contributed by atoms with van der Waals surface area (Å²) in [4.78, 5) is 14.3. The molecule has 0 fully saturated rings. The van der Waals surface area contributed by atoms with Crippen molar-refractivity contribution in [1.82, 2.24) is 9.13 Å². The first-order valence-electron chi connectivity index (χ1n) is 16.4. The first-order valence-corrected chi connectivity index (χ1v) is 16.4. The number of rotatable bonds is 9. The summed E-state index contributed by atoms with van der Waals surface area (Å²) in [6, 6.07) is 42.9. The van der Waals surface area contributed by atoms with Gasteiger partial charge in [0.1, 0.15) is 17.1 Å². The van der Waals surface area contributed by atoms with Crippen LogP contribution in [-0.2, 0) is 18.5 Å². The Labute approximate surface area is 284 Å². The summed E-state index contributed by atoms with van der Waals surface area (Å²) in [5.41, 5.74) is 6.15. The van der Waals surface area contributed by atoms with Crippen LogP contribution in [0.3, 0.4) is 0 Å². The Kier molecular flexibility index (Phi) is 7.56. The van der Waals surface area contributed by atoms with E-state index in [1.165, 1.54) is 11.1 Å². The van der Waals surface area contributed by atoms with Crippen LogP contribution in [0.25, 0.3) is 32.8 Å². The number of para-hydroxylation sites is 1. The van der Waals surface area contributed by atoms with E-state index in [2.05, 4.69) is 101 Å². The number of benzene rings is 5. The van der Waals surface area contributed by atoms with Gasteiger partial charge in [0.2, 0.25) is 0 Å². The van der Waals surface area contributed by atoms with Crippen LogP contribution in [0.4, 0.5) is 0 Å². The highest BCUT2D eigenvalue weighted by Gasteiger charge is 2.40. The molecular weight excluding hydrogens is 608 g/mol. The van der Waals surface area contributed by atoms with Crippen molar-refractivity contribution in [3.8, 4) is 11.5 Å². The lowest BCUT2D eigenvalue weighted by Gasteiger charge is -2.30. The summed E-state index contributed by atoms with van der Waals surface area (Å²) in [6.45, 7) is 3.47. The SMILES string of the molecule is COc1ccc2c(c1)c(C(C)(c1cc3ccccc3oc1=O)c1cn(Cc3ccccc3)c3ccc(OC)cc13)cn2Cc1ccccc1. The smallest absolute Gasteiger partial charge is 0.340 e. The van der Waals surface area contributed by atoms with Gasteiger partial charge in [0, 0.05) is 52.7 Å². The average Bonchev–Trinajstić information content (AvgIpc) is 3.69. The Morgan fingerprint density at radius 3 is 1.59 bits per heavy atom. The Bertz CT molecular complexity index is 2380. The summed E-state index contributed by atoms with van der Waals surface area (Å²) in [5.74, 6) is 1.49. The van der Waals surface area contributed by atoms with Gasteiger partial charge in [0.15, 0.2) is 0 Å². The molecular formula is C43H36N2O4. The molecule has 0 saturated heterocycles. The third-order valence-corrected chi connectivity index (χ3v) is 9.83. The first-order chi connectivity index (χ1) is 24.0. The number of methoxy groups -OCH3 is 2. The van der Waals surface area contributed by atoms with Gasteiger partial charge in [0.25, 0.3) is 0 Å². The van der Waals surface area contributed by atoms with Crippen LogP contribution in [0.5, 0.6) is 11.5 Å². The van der Waals surface area contributed by atoms with Gasteiger partial charge in [0.05, 0.1) is 25.2 Å². The number of ether oxygens (including phenoxy) is 2. The molecule has 8 rings (SSSR count). The fourth-order valence-corrected chi connectivity index (χ4v) is 7.27. The normalized spacial score (nSPS) is 11.8. The minimum absolute atomic E-state index is 0.375. The zero-order chi connectivity index (χ0) is 33.5. The molecule has 242 valence electrons. The van der Waals surface area contributed by atoms with Crippen molar-refractivity contribution in [3.63, 3.8) is 0 Å². The van der Waals surface area contributed by atoms with Crippen LogP contribution in [0.1, 0.15) is 34.7 Å². The third-order valence-electron chi connectivity index (χ3n) is 9.83. The Hall–Kier alpha value is -6.01. The van der Waals surface area contributed by atoms with E-state index in [9.17, 15) is 4.79 Å². The van der Waals surface area contributed by atoms with E-state index in [0.29, 0.717) is 24.2 Å². The van der Waals surface area contributed by atoms with Crippen LogP contribution in [0.2, 0.25) is 0 Å². The number of hydrogen-bond acceptors (Lipinski definition) is 4. The monoisotopic (exact) mass is 644 g/mol. The zero-order valence-electron chi connectivity index (χ0n) is 27.7. The quantitative estimate of drug-likeness (QED) is 0.147. The van der Waals surface area contributed by atoms with Crippen LogP contribution < -0.4 is 15.1 Å². The predicted octanol–water partition coefficient (Wildman–Crippen LogP) is 9.17. The molecule has 0 saturated carbocycles. The molecule has 0 radical (unpaired) electrons. The first kappa shape index (κ1) is 30.3. The Morgan fingerprint density at radius 2 is 1.08 bits per heavy atom. The maximum Gasteiger partial charge on any atom is 0.340 e. The molecule has 6 heteroatoms. The van der Waals surface area contributed by atoms with Gasteiger partial charge >= 0.3 is 5.63 Å². The van der Waals surface area contributed by atoms with Gasteiger partial charge in [-0.05, 0) is 77.7 Å². The van der Waals surface area contributed by atoms with E-state index in [1.54, 1.807) is 14.2 Å². The molecule has 3 aromatic heterocycles. The third kappa shape index (κ3) is 5.26. The highest BCUT2D eigenvalue weighted by atomic mass is 16.5. The van der Waals surface area contributed by atoms with E-state index in [0.717, 1.165) is 49.8 Å². The number of nitrogens with zero attached hydrogens (tertiary/aromatic N) is 2. The van der Waals surface area contributed by atoms with Crippen molar-refractivity contribution in [1.29, 1.82) is 0 Å². The molecule has 49 heavy (non-hydrogen) atoms. The molecule has 0 atom stereocenters. The molecule has 0 N–H and O–H groups in total. The molecule has 0 bridgehead atoms. The second-order valence-electron chi connectivity index (χ2n) is 12.7. The highest BCUT2D eigenvalue weighted by molar-refractivity contribution is 5.93. The minimum Gasteiger partial charge on any atom is -0.497 e. The molecule has 0 aliphatic heterocycles. The van der Waals surface area contributed by atoms with Crippen molar-refractivity contribution in [2.24, 2.45) is 0 Å². The number of hydrogen-bond donors (Lipinski definition) is 0. The van der Waals surface area contributed by atoms with Gasteiger partial charge in [-0.25, -0.2) is 4.79 Å². The molecule has 3 heterocycles. The standard InChI is InChI=1S/C43H36N2O4/c1-43(36-22-31-16-10-11-17-41(31)49-42(36)46,37-27-44(25-29-12-6-4-7-13-29)39-20-18-32(47-2)23-34(37)39)38-28-45(26-30-14-8-5-9-15-30)40-21-19-33(48-3)24-35(38)40/h4-24,27-28H,25-26H2,1-3H3. The second kappa shape index (κ2) is 12.2. The molecule has 0 spiro atoms. The fraction of sp³-hybridized carbons (Fsp3) is 0.140. The molecule has 5 aromatic carbocycles. The van der Waals surface area contributed by atoms with E-state index >= 15 is 0 Å². The van der Waals surface area contributed by atoms with Gasteiger partial charge in [-0.15, -0.1) is 0 Å². The fourth-order valence-electron chi connectivity index (χ4n) is 7.27. The maximum atomic E-state index is 14.3. The summed E-state index contributed by atoms with van der Waals surface area (Å²) in [7, 11) is 3.37. The van der Waals surface area contributed by atoms with Crippen molar-refractivity contribution < 1.29 is 13.9 Å². The largest absolute Gasteiger partial charge is 0.497 e. The number of fused-ring (bicyclic) bond motifs is 3. The van der Waals surface area contributed by atoms with Crippen LogP contribution in [0, 0.1) is 0 Å². The topological polar surface area (TPSA) is 58.5 Å². The van der Waals surface area contributed by atoms with Crippen molar-refractivity contribution in [3.05, 3.63) is 178 Å². The van der Waals surface area contributed by atoms with E-state index in [1.807, 2.05) is 54.6 Å². The molecule has 6 nitrogen and oxygen atoms in total. The summed E-state index contributed by atoms with van der Waals surface area (Å²) in [6.07, 6.45) is 4.40. The van der Waals surface area contributed by atoms with Gasteiger partial charge in [-0.1, -0.05) is 78.9 Å². The van der Waals surface area contributed by atoms with Gasteiger partial charge in [-0.2, -0.15) is 0 Å².